The summed E-state index contributed by atoms with van der Waals surface area (Å²) in [5.41, 5.74) is 0.941. The zero-order valence-electron chi connectivity index (χ0n) is 15.0. The maximum atomic E-state index is 12.8. The summed E-state index contributed by atoms with van der Waals surface area (Å²) in [7, 11) is -2.03. The molecule has 1 heterocycles. The highest BCUT2D eigenvalue weighted by molar-refractivity contribution is 9.10. The zero-order chi connectivity index (χ0) is 19.4. The quantitative estimate of drug-likeness (QED) is 0.698. The van der Waals surface area contributed by atoms with Crippen LogP contribution in [-0.4, -0.2) is 56.8 Å². The Morgan fingerprint density at radius 1 is 1.00 bits per heavy atom. The number of piperazine rings is 1. The third-order valence-corrected chi connectivity index (χ3v) is 7.00. The van der Waals surface area contributed by atoms with Gasteiger partial charge in [0.15, 0.2) is 0 Å². The molecule has 3 rings (SSSR count). The Morgan fingerprint density at radius 3 is 2.15 bits per heavy atom. The summed E-state index contributed by atoms with van der Waals surface area (Å²) in [6.45, 7) is 1.37. The lowest BCUT2D eigenvalue weighted by atomic mass is 10.1. The molecule has 1 fully saturated rings. The average Bonchev–Trinajstić information content (AvgIpc) is 2.70. The summed E-state index contributed by atoms with van der Waals surface area (Å²) in [6, 6.07) is 14.0. The highest BCUT2D eigenvalue weighted by atomic mass is 79.9. The van der Waals surface area contributed by atoms with E-state index in [1.165, 1.54) is 11.4 Å². The fourth-order valence-electron chi connectivity index (χ4n) is 2.96. The van der Waals surface area contributed by atoms with Crippen molar-refractivity contribution in [1.29, 1.82) is 0 Å². The number of amides is 1. The van der Waals surface area contributed by atoms with Crippen LogP contribution < -0.4 is 4.74 Å². The zero-order valence-corrected chi connectivity index (χ0v) is 17.4. The van der Waals surface area contributed by atoms with Gasteiger partial charge in [0.05, 0.1) is 18.4 Å². The van der Waals surface area contributed by atoms with Gasteiger partial charge in [0.25, 0.3) is 0 Å². The van der Waals surface area contributed by atoms with Crippen molar-refractivity contribution >= 4 is 31.9 Å². The molecule has 0 bridgehead atoms. The first-order valence-corrected chi connectivity index (χ1v) is 10.8. The minimum atomic E-state index is -3.57. The summed E-state index contributed by atoms with van der Waals surface area (Å²) >= 11 is 3.38. The third kappa shape index (κ3) is 4.69. The maximum Gasteiger partial charge on any atom is 0.243 e. The summed E-state index contributed by atoms with van der Waals surface area (Å²) in [5.74, 6) is 0.621. The van der Waals surface area contributed by atoms with E-state index in [4.69, 9.17) is 4.74 Å². The lowest BCUT2D eigenvalue weighted by Crippen LogP contribution is -2.50. The topological polar surface area (TPSA) is 66.9 Å². The Balaban J connectivity index is 1.60. The molecule has 0 radical (unpaired) electrons. The number of rotatable bonds is 5. The number of carbonyl (C=O) groups excluding carboxylic acids is 1. The van der Waals surface area contributed by atoms with Crippen molar-refractivity contribution in [3.05, 3.63) is 58.6 Å². The van der Waals surface area contributed by atoms with E-state index in [9.17, 15) is 13.2 Å². The van der Waals surface area contributed by atoms with Crippen LogP contribution in [0.2, 0.25) is 0 Å². The van der Waals surface area contributed by atoms with Crippen molar-refractivity contribution in [3.63, 3.8) is 0 Å². The number of hydrogen-bond donors (Lipinski definition) is 0. The van der Waals surface area contributed by atoms with Gasteiger partial charge in [-0.3, -0.25) is 4.79 Å². The van der Waals surface area contributed by atoms with Crippen molar-refractivity contribution in [2.45, 2.75) is 11.3 Å². The maximum absolute atomic E-state index is 12.8. The van der Waals surface area contributed by atoms with Crippen LogP contribution in [0.3, 0.4) is 0 Å². The first-order chi connectivity index (χ1) is 12.9. The molecule has 0 N–H and O–H groups in total. The molecule has 1 aliphatic rings. The lowest BCUT2D eigenvalue weighted by molar-refractivity contribution is -0.131. The summed E-state index contributed by atoms with van der Waals surface area (Å²) in [4.78, 5) is 14.4. The molecule has 2 aromatic rings. The van der Waals surface area contributed by atoms with Crippen molar-refractivity contribution in [3.8, 4) is 5.75 Å². The molecule has 0 spiro atoms. The van der Waals surface area contributed by atoms with E-state index < -0.39 is 10.0 Å². The predicted octanol–water partition coefficient (Wildman–Crippen LogP) is 2.53. The van der Waals surface area contributed by atoms with Crippen LogP contribution in [0.5, 0.6) is 5.75 Å². The molecule has 1 aliphatic heterocycles. The van der Waals surface area contributed by atoms with Crippen LogP contribution in [0, 0.1) is 0 Å². The van der Waals surface area contributed by atoms with Crippen LogP contribution in [0.25, 0.3) is 0 Å². The molecule has 1 saturated heterocycles. The van der Waals surface area contributed by atoms with Crippen molar-refractivity contribution in [2.75, 3.05) is 33.3 Å². The lowest BCUT2D eigenvalue weighted by Gasteiger charge is -2.34. The van der Waals surface area contributed by atoms with Gasteiger partial charge < -0.3 is 9.64 Å². The van der Waals surface area contributed by atoms with E-state index in [0.29, 0.717) is 38.3 Å². The molecule has 0 aromatic heterocycles. The number of nitrogens with zero attached hydrogens (tertiary/aromatic N) is 2. The van der Waals surface area contributed by atoms with E-state index in [1.807, 2.05) is 24.3 Å². The summed E-state index contributed by atoms with van der Waals surface area (Å²) < 4.78 is 33.0. The highest BCUT2D eigenvalue weighted by Gasteiger charge is 2.30. The Morgan fingerprint density at radius 2 is 1.59 bits per heavy atom. The largest absolute Gasteiger partial charge is 0.497 e. The fraction of sp³-hybridized carbons (Fsp3) is 0.316. The van der Waals surface area contributed by atoms with E-state index >= 15 is 0 Å². The van der Waals surface area contributed by atoms with Gasteiger partial charge in [-0.1, -0.05) is 28.1 Å². The Labute approximate surface area is 167 Å². The Bertz CT molecular complexity index is 890. The number of hydrogen-bond acceptors (Lipinski definition) is 4. The van der Waals surface area contributed by atoms with Gasteiger partial charge in [-0.15, -0.1) is 0 Å². The molecule has 0 atom stereocenters. The molecule has 27 heavy (non-hydrogen) atoms. The molecule has 144 valence electrons. The van der Waals surface area contributed by atoms with Crippen LogP contribution in [0.15, 0.2) is 57.9 Å². The molecule has 1 amide bonds. The van der Waals surface area contributed by atoms with E-state index in [-0.39, 0.29) is 10.8 Å². The number of carbonyl (C=O) groups is 1. The van der Waals surface area contributed by atoms with Gasteiger partial charge in [0.2, 0.25) is 15.9 Å². The summed E-state index contributed by atoms with van der Waals surface area (Å²) in [6.07, 6.45) is 0.318. The minimum Gasteiger partial charge on any atom is -0.497 e. The predicted molar refractivity (Wildman–Crippen MR) is 106 cm³/mol. The second kappa shape index (κ2) is 8.41. The van der Waals surface area contributed by atoms with Gasteiger partial charge >= 0.3 is 0 Å². The second-order valence-electron chi connectivity index (χ2n) is 6.26. The van der Waals surface area contributed by atoms with Crippen LogP contribution in [0.1, 0.15) is 5.56 Å². The van der Waals surface area contributed by atoms with Gasteiger partial charge in [0.1, 0.15) is 5.75 Å². The number of methoxy groups -OCH3 is 1. The molecular weight excluding hydrogens is 432 g/mol. The SMILES string of the molecule is COc1ccc(S(=O)(=O)N2CCN(C(=O)Cc3ccc(Br)cc3)CC2)cc1. The first-order valence-electron chi connectivity index (χ1n) is 8.56. The second-order valence-corrected chi connectivity index (χ2v) is 9.12. The molecule has 0 saturated carbocycles. The number of benzene rings is 2. The standard InChI is InChI=1S/C19H21BrN2O4S/c1-26-17-6-8-18(9-7-17)27(24,25)22-12-10-21(11-13-22)19(23)14-15-2-4-16(20)5-3-15/h2-9H,10-14H2,1H3. The molecule has 0 unspecified atom stereocenters. The van der Waals surface area contributed by atoms with E-state index in [1.54, 1.807) is 29.2 Å². The van der Waals surface area contributed by atoms with Gasteiger partial charge in [0, 0.05) is 30.7 Å². The van der Waals surface area contributed by atoms with E-state index in [0.717, 1.165) is 10.0 Å². The number of ether oxygens (including phenoxy) is 1. The molecule has 2 aromatic carbocycles. The normalized spacial score (nSPS) is 15.6. The minimum absolute atomic E-state index is 0.0128. The Kier molecular flexibility index (Phi) is 6.18. The van der Waals surface area contributed by atoms with Crippen LogP contribution >= 0.6 is 15.9 Å². The van der Waals surface area contributed by atoms with Crippen molar-refractivity contribution < 1.29 is 17.9 Å². The van der Waals surface area contributed by atoms with Crippen LogP contribution in [-0.2, 0) is 21.2 Å². The molecule has 6 nitrogen and oxygen atoms in total. The average molecular weight is 453 g/mol. The van der Waals surface area contributed by atoms with Gasteiger partial charge in [-0.25, -0.2) is 8.42 Å². The monoisotopic (exact) mass is 452 g/mol. The van der Waals surface area contributed by atoms with Crippen molar-refractivity contribution in [2.24, 2.45) is 0 Å². The van der Waals surface area contributed by atoms with Crippen LogP contribution in [0.4, 0.5) is 0 Å². The fourth-order valence-corrected chi connectivity index (χ4v) is 4.65. The smallest absolute Gasteiger partial charge is 0.243 e. The summed E-state index contributed by atoms with van der Waals surface area (Å²) in [5, 5.41) is 0. The van der Waals surface area contributed by atoms with Gasteiger partial charge in [-0.05, 0) is 42.0 Å². The highest BCUT2D eigenvalue weighted by Crippen LogP contribution is 2.21. The van der Waals surface area contributed by atoms with Gasteiger partial charge in [-0.2, -0.15) is 4.31 Å². The van der Waals surface area contributed by atoms with Crippen molar-refractivity contribution in [1.82, 2.24) is 9.21 Å². The number of halogens is 1. The Hall–Kier alpha value is -1.90. The molecule has 0 aliphatic carbocycles. The number of sulfonamides is 1. The third-order valence-electron chi connectivity index (χ3n) is 4.56. The molecular formula is C19H21BrN2O4S. The first kappa shape index (κ1) is 19.9. The molecule has 8 heteroatoms. The van der Waals surface area contributed by atoms with E-state index in [2.05, 4.69) is 15.9 Å².